The number of rotatable bonds is 6. The fraction of sp³-hybridized carbons (Fsp3) is 0.562. The molecule has 1 fully saturated rings. The van der Waals surface area contributed by atoms with Gasteiger partial charge in [0.15, 0.2) is 0 Å². The Labute approximate surface area is 137 Å². The van der Waals surface area contributed by atoms with Crippen molar-refractivity contribution < 1.29 is 13.2 Å². The molecular formula is C16H23N3O3S. The van der Waals surface area contributed by atoms with Gasteiger partial charge in [0.05, 0.1) is 11.4 Å². The highest BCUT2D eigenvalue weighted by molar-refractivity contribution is 7.92. The van der Waals surface area contributed by atoms with Crippen molar-refractivity contribution in [2.75, 3.05) is 21.9 Å². The van der Waals surface area contributed by atoms with Gasteiger partial charge < -0.3 is 10.6 Å². The molecule has 1 aliphatic heterocycles. The zero-order valence-electron chi connectivity index (χ0n) is 13.3. The molecule has 0 saturated heterocycles. The number of hydrogen-bond acceptors (Lipinski definition) is 3. The summed E-state index contributed by atoms with van der Waals surface area (Å²) in [6.07, 6.45) is 4.29. The average Bonchev–Trinajstić information content (AvgIpc) is 3.20. The minimum Gasteiger partial charge on any atom is -0.335 e. The van der Waals surface area contributed by atoms with E-state index in [2.05, 4.69) is 10.6 Å². The van der Waals surface area contributed by atoms with Gasteiger partial charge in [-0.15, -0.1) is 0 Å². The molecule has 126 valence electrons. The predicted octanol–water partition coefficient (Wildman–Crippen LogP) is 2.46. The van der Waals surface area contributed by atoms with Crippen LogP contribution in [0.25, 0.3) is 0 Å². The maximum absolute atomic E-state index is 12.5. The van der Waals surface area contributed by atoms with Gasteiger partial charge in [-0.05, 0) is 43.4 Å². The number of nitrogens with one attached hydrogen (secondary N) is 2. The molecule has 6 nitrogen and oxygen atoms in total. The van der Waals surface area contributed by atoms with Gasteiger partial charge in [0.2, 0.25) is 10.0 Å². The number of fused-ring (bicyclic) bond motifs is 1. The van der Waals surface area contributed by atoms with E-state index < -0.39 is 10.0 Å². The second-order valence-corrected chi connectivity index (χ2v) is 8.22. The largest absolute Gasteiger partial charge is 0.335 e. The lowest BCUT2D eigenvalue weighted by atomic mass is 10.1. The molecule has 1 aromatic carbocycles. The highest BCUT2D eigenvalue weighted by Crippen LogP contribution is 2.33. The van der Waals surface area contributed by atoms with E-state index in [4.69, 9.17) is 0 Å². The number of nitrogens with zero attached hydrogens (tertiary/aromatic N) is 1. The highest BCUT2D eigenvalue weighted by Gasteiger charge is 2.29. The molecule has 0 atom stereocenters. The summed E-state index contributed by atoms with van der Waals surface area (Å²) < 4.78 is 26.4. The molecule has 7 heteroatoms. The van der Waals surface area contributed by atoms with Gasteiger partial charge in [-0.1, -0.05) is 19.4 Å². The van der Waals surface area contributed by atoms with Crippen molar-refractivity contribution in [1.82, 2.24) is 5.32 Å². The van der Waals surface area contributed by atoms with Crippen LogP contribution in [-0.4, -0.2) is 32.8 Å². The van der Waals surface area contributed by atoms with E-state index in [1.807, 2.05) is 19.1 Å². The predicted molar refractivity (Wildman–Crippen MR) is 91.4 cm³/mol. The average molecular weight is 337 g/mol. The summed E-state index contributed by atoms with van der Waals surface area (Å²) in [7, 11) is -3.28. The Morgan fingerprint density at radius 2 is 2.13 bits per heavy atom. The van der Waals surface area contributed by atoms with Gasteiger partial charge in [0.25, 0.3) is 0 Å². The summed E-state index contributed by atoms with van der Waals surface area (Å²) in [5.74, 6) is 0.169. The number of hydrogen-bond donors (Lipinski definition) is 2. The van der Waals surface area contributed by atoms with Crippen LogP contribution in [0.3, 0.4) is 0 Å². The Balaban J connectivity index is 1.75. The van der Waals surface area contributed by atoms with Gasteiger partial charge in [-0.2, -0.15) is 0 Å². The molecule has 1 saturated carbocycles. The van der Waals surface area contributed by atoms with Crippen molar-refractivity contribution in [1.29, 1.82) is 0 Å². The number of sulfonamides is 1. The van der Waals surface area contributed by atoms with Gasteiger partial charge >= 0.3 is 6.03 Å². The Hall–Kier alpha value is -1.76. The summed E-state index contributed by atoms with van der Waals surface area (Å²) in [6, 6.07) is 5.55. The molecule has 0 radical (unpaired) electrons. The summed E-state index contributed by atoms with van der Waals surface area (Å²) in [5, 5.41) is 5.64. The van der Waals surface area contributed by atoms with Crippen molar-refractivity contribution in [2.24, 2.45) is 0 Å². The van der Waals surface area contributed by atoms with Crippen molar-refractivity contribution in [2.45, 2.75) is 45.1 Å². The van der Waals surface area contributed by atoms with Crippen LogP contribution in [0.15, 0.2) is 18.2 Å². The summed E-state index contributed by atoms with van der Waals surface area (Å²) in [4.78, 5) is 11.8. The molecule has 3 rings (SSSR count). The van der Waals surface area contributed by atoms with Gasteiger partial charge in [0.1, 0.15) is 0 Å². The number of unbranched alkanes of at least 4 members (excludes halogenated alkanes) is 1. The molecule has 0 spiro atoms. The molecule has 1 aromatic rings. The van der Waals surface area contributed by atoms with E-state index in [0.29, 0.717) is 24.3 Å². The van der Waals surface area contributed by atoms with Crippen molar-refractivity contribution in [3.8, 4) is 0 Å². The first-order valence-corrected chi connectivity index (χ1v) is 9.81. The normalized spacial score (nSPS) is 17.0. The maximum Gasteiger partial charge on any atom is 0.319 e. The van der Waals surface area contributed by atoms with Gasteiger partial charge in [-0.3, -0.25) is 4.31 Å². The van der Waals surface area contributed by atoms with Crippen LogP contribution in [0, 0.1) is 0 Å². The van der Waals surface area contributed by atoms with Crippen LogP contribution in [-0.2, 0) is 16.4 Å². The van der Waals surface area contributed by atoms with E-state index in [9.17, 15) is 13.2 Å². The second kappa shape index (κ2) is 6.39. The van der Waals surface area contributed by atoms with E-state index in [1.165, 1.54) is 4.31 Å². The lowest BCUT2D eigenvalue weighted by Gasteiger charge is -2.20. The second-order valence-electron chi connectivity index (χ2n) is 6.21. The molecule has 0 bridgehead atoms. The van der Waals surface area contributed by atoms with Crippen LogP contribution in [0.5, 0.6) is 0 Å². The minimum absolute atomic E-state index is 0.169. The van der Waals surface area contributed by atoms with Crippen molar-refractivity contribution in [3.05, 3.63) is 23.8 Å². The number of anilines is 2. The smallest absolute Gasteiger partial charge is 0.319 e. The fourth-order valence-corrected chi connectivity index (χ4v) is 4.45. The van der Waals surface area contributed by atoms with Crippen molar-refractivity contribution >= 4 is 27.4 Å². The number of carbonyl (C=O) groups excluding carboxylic acids is 1. The van der Waals surface area contributed by atoms with Crippen LogP contribution in [0.2, 0.25) is 0 Å². The van der Waals surface area contributed by atoms with Gasteiger partial charge in [-0.25, -0.2) is 13.2 Å². The third-order valence-electron chi connectivity index (χ3n) is 4.20. The maximum atomic E-state index is 12.5. The molecule has 2 amide bonds. The number of carbonyl (C=O) groups is 1. The molecule has 2 aliphatic rings. The minimum atomic E-state index is -3.28. The van der Waals surface area contributed by atoms with Crippen LogP contribution in [0.4, 0.5) is 16.2 Å². The van der Waals surface area contributed by atoms with Crippen molar-refractivity contribution in [3.63, 3.8) is 0 Å². The molecule has 1 heterocycles. The standard InChI is InChI=1S/C16H23N3O3S/c1-2-3-10-23(21,22)19-9-8-12-4-5-14(11-15(12)19)18-16(20)17-13-6-7-13/h4-5,11,13H,2-3,6-10H2,1H3,(H2,17,18,20). The lowest BCUT2D eigenvalue weighted by Crippen LogP contribution is -2.32. The monoisotopic (exact) mass is 337 g/mol. The first-order valence-electron chi connectivity index (χ1n) is 8.20. The van der Waals surface area contributed by atoms with E-state index in [-0.39, 0.29) is 17.8 Å². The quantitative estimate of drug-likeness (QED) is 0.837. The summed E-state index contributed by atoms with van der Waals surface area (Å²) >= 11 is 0. The Bertz CT molecular complexity index is 699. The Morgan fingerprint density at radius 3 is 2.83 bits per heavy atom. The third-order valence-corrected chi connectivity index (χ3v) is 6.06. The molecular weight excluding hydrogens is 314 g/mol. The van der Waals surface area contributed by atoms with Crippen LogP contribution >= 0.6 is 0 Å². The summed E-state index contributed by atoms with van der Waals surface area (Å²) in [6.45, 7) is 2.47. The van der Waals surface area contributed by atoms with E-state index in [1.54, 1.807) is 6.07 Å². The Kier molecular flexibility index (Phi) is 4.48. The molecule has 0 aromatic heterocycles. The molecule has 0 unspecified atom stereocenters. The topological polar surface area (TPSA) is 78.5 Å². The zero-order valence-corrected chi connectivity index (χ0v) is 14.2. The first-order chi connectivity index (χ1) is 11.0. The van der Waals surface area contributed by atoms with Gasteiger partial charge in [0, 0.05) is 18.3 Å². The Morgan fingerprint density at radius 1 is 1.35 bits per heavy atom. The van der Waals surface area contributed by atoms with E-state index >= 15 is 0 Å². The molecule has 23 heavy (non-hydrogen) atoms. The fourth-order valence-electron chi connectivity index (χ4n) is 2.73. The number of urea groups is 1. The zero-order chi connectivity index (χ0) is 16.4. The number of amides is 2. The van der Waals surface area contributed by atoms with Crippen LogP contribution in [0.1, 0.15) is 38.2 Å². The lowest BCUT2D eigenvalue weighted by molar-refractivity contribution is 0.251. The molecule has 2 N–H and O–H groups in total. The molecule has 1 aliphatic carbocycles. The van der Waals surface area contributed by atoms with E-state index in [0.717, 1.165) is 31.2 Å². The highest BCUT2D eigenvalue weighted by atomic mass is 32.2. The van der Waals surface area contributed by atoms with Crippen LogP contribution < -0.4 is 14.9 Å². The SMILES string of the molecule is CCCCS(=O)(=O)N1CCc2ccc(NC(=O)NC3CC3)cc21. The first kappa shape index (κ1) is 16.1. The number of benzene rings is 1. The third kappa shape index (κ3) is 3.77. The summed E-state index contributed by atoms with van der Waals surface area (Å²) in [5.41, 5.74) is 2.34.